The van der Waals surface area contributed by atoms with Crippen molar-refractivity contribution in [2.45, 2.75) is 51.5 Å². The van der Waals surface area contributed by atoms with Gasteiger partial charge < -0.3 is 9.80 Å². The van der Waals surface area contributed by atoms with Gasteiger partial charge in [-0.25, -0.2) is 8.42 Å². The van der Waals surface area contributed by atoms with Crippen molar-refractivity contribution in [2.75, 3.05) is 39.0 Å². The number of piperazine rings is 1. The summed E-state index contributed by atoms with van der Waals surface area (Å²) in [7, 11) is -3.42. The molecule has 0 aromatic carbocycles. The van der Waals surface area contributed by atoms with Crippen LogP contribution in [-0.2, 0) is 19.6 Å². The minimum absolute atomic E-state index is 0.0123. The Balaban J connectivity index is 1.99. The highest BCUT2D eigenvalue weighted by molar-refractivity contribution is 7.88. The van der Waals surface area contributed by atoms with Gasteiger partial charge in [-0.3, -0.25) is 9.59 Å². The highest BCUT2D eigenvalue weighted by atomic mass is 32.2. The number of carbonyl (C=O) groups excluding carboxylic acids is 2. The van der Waals surface area contributed by atoms with Crippen molar-refractivity contribution in [3.63, 3.8) is 0 Å². The first-order chi connectivity index (χ1) is 11.3. The molecule has 7 nitrogen and oxygen atoms in total. The molecule has 0 unspecified atom stereocenters. The second kappa shape index (κ2) is 8.29. The Bertz CT molecular complexity index is 548. The lowest BCUT2D eigenvalue weighted by Crippen LogP contribution is -2.53. The van der Waals surface area contributed by atoms with E-state index < -0.39 is 10.0 Å². The fourth-order valence-electron chi connectivity index (χ4n) is 3.57. The van der Waals surface area contributed by atoms with E-state index in [4.69, 9.17) is 0 Å². The third kappa shape index (κ3) is 5.17. The molecule has 1 aliphatic carbocycles. The summed E-state index contributed by atoms with van der Waals surface area (Å²) >= 11 is 0. The van der Waals surface area contributed by atoms with E-state index in [1.807, 2.05) is 0 Å². The number of carbonyl (C=O) groups is 2. The minimum atomic E-state index is -3.42. The smallest absolute Gasteiger partial charge is 0.238 e. The summed E-state index contributed by atoms with van der Waals surface area (Å²) in [4.78, 5) is 27.3. The van der Waals surface area contributed by atoms with Crippen LogP contribution in [0.2, 0.25) is 0 Å². The number of amides is 2. The molecule has 24 heavy (non-hydrogen) atoms. The molecule has 0 aromatic heterocycles. The largest absolute Gasteiger partial charge is 0.339 e. The summed E-state index contributed by atoms with van der Waals surface area (Å²) in [6, 6.07) is -0.0649. The molecule has 0 atom stereocenters. The van der Waals surface area contributed by atoms with Crippen LogP contribution in [-0.4, -0.2) is 79.4 Å². The number of nitrogens with zero attached hydrogens (tertiary/aromatic N) is 3. The van der Waals surface area contributed by atoms with Gasteiger partial charge >= 0.3 is 0 Å². The molecule has 2 rings (SSSR count). The maximum atomic E-state index is 12.6. The molecular weight excluding hydrogens is 330 g/mol. The Morgan fingerprint density at radius 2 is 1.46 bits per heavy atom. The Morgan fingerprint density at radius 1 is 0.958 bits per heavy atom. The van der Waals surface area contributed by atoms with Gasteiger partial charge in [-0.05, 0) is 12.8 Å². The molecule has 1 heterocycles. The van der Waals surface area contributed by atoms with Crippen molar-refractivity contribution in [1.29, 1.82) is 0 Å². The lowest BCUT2D eigenvalue weighted by atomic mass is 10.1. The SMILES string of the molecule is CC(=O)N1CCN(C(=O)CN(C2CCCCCC2)S(C)(=O)=O)CC1. The quantitative estimate of drug-likeness (QED) is 0.691. The maximum absolute atomic E-state index is 12.6. The normalized spacial score (nSPS) is 21.0. The Hall–Kier alpha value is -1.15. The minimum Gasteiger partial charge on any atom is -0.339 e. The zero-order valence-electron chi connectivity index (χ0n) is 14.7. The second-order valence-corrected chi connectivity index (χ2v) is 8.78. The van der Waals surface area contributed by atoms with Crippen LogP contribution in [0.15, 0.2) is 0 Å². The van der Waals surface area contributed by atoms with E-state index in [1.165, 1.54) is 17.5 Å². The number of sulfonamides is 1. The highest BCUT2D eigenvalue weighted by Crippen LogP contribution is 2.23. The van der Waals surface area contributed by atoms with Crippen LogP contribution >= 0.6 is 0 Å². The predicted octanol–water partition coefficient (Wildman–Crippen LogP) is 0.662. The van der Waals surface area contributed by atoms with E-state index in [0.717, 1.165) is 38.5 Å². The average molecular weight is 359 g/mol. The molecule has 8 heteroatoms. The van der Waals surface area contributed by atoms with Gasteiger partial charge in [0.25, 0.3) is 0 Å². The van der Waals surface area contributed by atoms with Crippen molar-refractivity contribution in [3.05, 3.63) is 0 Å². The summed E-state index contributed by atoms with van der Waals surface area (Å²) < 4.78 is 25.8. The van der Waals surface area contributed by atoms with Gasteiger partial charge in [-0.2, -0.15) is 4.31 Å². The Labute approximate surface area is 145 Å². The fraction of sp³-hybridized carbons (Fsp3) is 0.875. The van der Waals surface area contributed by atoms with Crippen LogP contribution in [0.3, 0.4) is 0 Å². The summed E-state index contributed by atoms with van der Waals surface area (Å²) in [6.07, 6.45) is 7.16. The highest BCUT2D eigenvalue weighted by Gasteiger charge is 2.31. The maximum Gasteiger partial charge on any atom is 0.238 e. The van der Waals surface area contributed by atoms with Gasteiger partial charge in [-0.15, -0.1) is 0 Å². The van der Waals surface area contributed by atoms with Crippen LogP contribution < -0.4 is 0 Å². The van der Waals surface area contributed by atoms with Crippen molar-refractivity contribution >= 4 is 21.8 Å². The molecule has 2 fully saturated rings. The van der Waals surface area contributed by atoms with E-state index in [0.29, 0.717) is 26.2 Å². The molecule has 2 aliphatic rings. The monoisotopic (exact) mass is 359 g/mol. The van der Waals surface area contributed by atoms with Crippen molar-refractivity contribution in [1.82, 2.24) is 14.1 Å². The van der Waals surface area contributed by atoms with Crippen LogP contribution in [0.25, 0.3) is 0 Å². The van der Waals surface area contributed by atoms with Crippen molar-refractivity contribution < 1.29 is 18.0 Å². The van der Waals surface area contributed by atoms with Crippen LogP contribution in [0.1, 0.15) is 45.4 Å². The molecule has 0 N–H and O–H groups in total. The number of rotatable bonds is 4. The standard InChI is InChI=1S/C16H29N3O4S/c1-14(20)17-9-11-18(12-10-17)16(21)13-19(24(2,22)23)15-7-5-3-4-6-8-15/h15H,3-13H2,1-2H3. The summed E-state index contributed by atoms with van der Waals surface area (Å²) in [5.74, 6) is -0.147. The average Bonchev–Trinajstić information content (AvgIpc) is 2.80. The third-order valence-electron chi connectivity index (χ3n) is 5.03. The molecule has 1 saturated carbocycles. The lowest BCUT2D eigenvalue weighted by Gasteiger charge is -2.36. The molecule has 0 aromatic rings. The Morgan fingerprint density at radius 3 is 1.92 bits per heavy atom. The zero-order valence-corrected chi connectivity index (χ0v) is 15.6. The van der Waals surface area contributed by atoms with E-state index >= 15 is 0 Å². The second-order valence-electron chi connectivity index (χ2n) is 6.84. The van der Waals surface area contributed by atoms with Crippen LogP contribution in [0.4, 0.5) is 0 Å². The molecule has 0 bridgehead atoms. The molecule has 0 spiro atoms. The van der Waals surface area contributed by atoms with Crippen LogP contribution in [0, 0.1) is 0 Å². The van der Waals surface area contributed by atoms with Crippen LogP contribution in [0.5, 0.6) is 0 Å². The van der Waals surface area contributed by atoms with Gasteiger partial charge in [0.2, 0.25) is 21.8 Å². The first-order valence-corrected chi connectivity index (χ1v) is 10.6. The van der Waals surface area contributed by atoms with Gasteiger partial charge in [0.15, 0.2) is 0 Å². The Kier molecular flexibility index (Phi) is 6.62. The van der Waals surface area contributed by atoms with E-state index in [1.54, 1.807) is 9.80 Å². The number of hydrogen-bond donors (Lipinski definition) is 0. The van der Waals surface area contributed by atoms with Gasteiger partial charge in [0.1, 0.15) is 0 Å². The molecule has 0 radical (unpaired) electrons. The summed E-state index contributed by atoms with van der Waals surface area (Å²) in [5, 5.41) is 0. The number of hydrogen-bond acceptors (Lipinski definition) is 4. The fourth-order valence-corrected chi connectivity index (χ4v) is 4.66. The molecule has 1 aliphatic heterocycles. The van der Waals surface area contributed by atoms with Crippen molar-refractivity contribution in [3.8, 4) is 0 Å². The molecular formula is C16H29N3O4S. The van der Waals surface area contributed by atoms with E-state index in [-0.39, 0.29) is 24.4 Å². The lowest BCUT2D eigenvalue weighted by molar-refractivity contribution is -0.138. The molecule has 1 saturated heterocycles. The molecule has 2 amide bonds. The van der Waals surface area contributed by atoms with Gasteiger partial charge in [-0.1, -0.05) is 25.7 Å². The zero-order chi connectivity index (χ0) is 17.7. The first-order valence-electron chi connectivity index (χ1n) is 8.79. The summed E-state index contributed by atoms with van der Waals surface area (Å²) in [5.41, 5.74) is 0. The summed E-state index contributed by atoms with van der Waals surface area (Å²) in [6.45, 7) is 3.42. The van der Waals surface area contributed by atoms with Gasteiger partial charge in [0.05, 0.1) is 12.8 Å². The van der Waals surface area contributed by atoms with E-state index in [2.05, 4.69) is 0 Å². The molecule has 138 valence electrons. The van der Waals surface area contributed by atoms with Crippen molar-refractivity contribution in [2.24, 2.45) is 0 Å². The predicted molar refractivity (Wildman–Crippen MR) is 91.9 cm³/mol. The first kappa shape index (κ1) is 19.2. The topological polar surface area (TPSA) is 78.0 Å². The van der Waals surface area contributed by atoms with Gasteiger partial charge in [0, 0.05) is 39.1 Å². The third-order valence-corrected chi connectivity index (χ3v) is 6.31. The van der Waals surface area contributed by atoms with E-state index in [9.17, 15) is 18.0 Å².